The molecule has 0 aromatic heterocycles. The lowest BCUT2D eigenvalue weighted by molar-refractivity contribution is 0.332. The second kappa shape index (κ2) is 5.22. The molecule has 1 aromatic rings. The summed E-state index contributed by atoms with van der Waals surface area (Å²) >= 11 is 0. The van der Waals surface area contributed by atoms with Crippen LogP contribution in [-0.4, -0.2) is 12.6 Å². The van der Waals surface area contributed by atoms with Crippen molar-refractivity contribution in [2.75, 3.05) is 6.54 Å². The Balaban J connectivity index is 2.00. The van der Waals surface area contributed by atoms with Crippen molar-refractivity contribution in [3.8, 4) is 0 Å². The first kappa shape index (κ1) is 12.6. The van der Waals surface area contributed by atoms with Gasteiger partial charge >= 0.3 is 0 Å². The zero-order valence-electron chi connectivity index (χ0n) is 11.4. The second-order valence-electron chi connectivity index (χ2n) is 6.55. The summed E-state index contributed by atoms with van der Waals surface area (Å²) in [5.74, 6) is 0.650. The number of nitrogens with one attached hydrogen (secondary N) is 1. The highest BCUT2D eigenvalue weighted by atomic mass is 14.9. The smallest absolute Gasteiger partial charge is 0.00684 e. The van der Waals surface area contributed by atoms with E-state index in [1.54, 1.807) is 0 Å². The van der Waals surface area contributed by atoms with Gasteiger partial charge in [-0.05, 0) is 36.2 Å². The van der Waals surface area contributed by atoms with Gasteiger partial charge in [0.05, 0.1) is 0 Å². The Morgan fingerprint density at radius 3 is 2.35 bits per heavy atom. The summed E-state index contributed by atoms with van der Waals surface area (Å²) in [6.45, 7) is 8.13. The molecule has 0 saturated heterocycles. The van der Waals surface area contributed by atoms with Crippen LogP contribution in [-0.2, 0) is 0 Å². The van der Waals surface area contributed by atoms with Gasteiger partial charge in [-0.1, -0.05) is 51.1 Å². The number of rotatable bonds is 5. The molecular weight excluding hydrogens is 206 g/mol. The Hall–Kier alpha value is -0.820. The molecule has 1 saturated carbocycles. The van der Waals surface area contributed by atoms with Crippen LogP contribution in [0.5, 0.6) is 0 Å². The molecule has 1 aromatic carbocycles. The van der Waals surface area contributed by atoms with Crippen LogP contribution in [0.1, 0.15) is 51.5 Å². The first-order valence-electron chi connectivity index (χ1n) is 6.83. The van der Waals surface area contributed by atoms with E-state index in [-0.39, 0.29) is 0 Å². The molecule has 1 atom stereocenters. The molecule has 17 heavy (non-hydrogen) atoms. The third kappa shape index (κ3) is 4.51. The van der Waals surface area contributed by atoms with Crippen LogP contribution >= 0.6 is 0 Å². The Morgan fingerprint density at radius 1 is 1.18 bits per heavy atom. The SMILES string of the molecule is CC(C)(C)CC(CNC1CC1)c1ccccc1. The zero-order valence-corrected chi connectivity index (χ0v) is 11.4. The molecule has 0 amide bonds. The van der Waals surface area contributed by atoms with Crippen molar-refractivity contribution >= 4 is 0 Å². The van der Waals surface area contributed by atoms with Gasteiger partial charge in [-0.25, -0.2) is 0 Å². The summed E-state index contributed by atoms with van der Waals surface area (Å²) in [6, 6.07) is 11.8. The van der Waals surface area contributed by atoms with E-state index in [0.29, 0.717) is 11.3 Å². The van der Waals surface area contributed by atoms with Gasteiger partial charge in [0.1, 0.15) is 0 Å². The van der Waals surface area contributed by atoms with Crippen LogP contribution in [0.2, 0.25) is 0 Å². The molecule has 1 unspecified atom stereocenters. The van der Waals surface area contributed by atoms with Gasteiger partial charge in [-0.3, -0.25) is 0 Å². The van der Waals surface area contributed by atoms with Crippen molar-refractivity contribution in [2.45, 2.75) is 52.0 Å². The van der Waals surface area contributed by atoms with E-state index in [2.05, 4.69) is 56.4 Å². The standard InChI is InChI=1S/C16H25N/c1-16(2,3)11-14(12-17-15-9-10-15)13-7-5-4-6-8-13/h4-8,14-15,17H,9-12H2,1-3H3. The second-order valence-corrected chi connectivity index (χ2v) is 6.55. The fourth-order valence-corrected chi connectivity index (χ4v) is 2.37. The van der Waals surface area contributed by atoms with Crippen molar-refractivity contribution in [3.05, 3.63) is 35.9 Å². The van der Waals surface area contributed by atoms with Gasteiger partial charge in [0.2, 0.25) is 0 Å². The highest BCUT2D eigenvalue weighted by Gasteiger charge is 2.24. The van der Waals surface area contributed by atoms with Gasteiger partial charge in [0.15, 0.2) is 0 Å². The number of benzene rings is 1. The minimum absolute atomic E-state index is 0.395. The molecule has 0 heterocycles. The van der Waals surface area contributed by atoms with E-state index < -0.39 is 0 Å². The van der Waals surface area contributed by atoms with E-state index >= 15 is 0 Å². The maximum Gasteiger partial charge on any atom is 0.00684 e. The molecule has 1 nitrogen and oxygen atoms in total. The molecule has 1 fully saturated rings. The summed E-state index contributed by atoms with van der Waals surface area (Å²) in [5, 5.41) is 3.68. The number of hydrogen-bond acceptors (Lipinski definition) is 1. The minimum Gasteiger partial charge on any atom is -0.313 e. The van der Waals surface area contributed by atoms with E-state index in [1.165, 1.54) is 24.8 Å². The normalized spacial score (nSPS) is 18.1. The Labute approximate surface area is 106 Å². The van der Waals surface area contributed by atoms with E-state index in [4.69, 9.17) is 0 Å². The molecule has 0 bridgehead atoms. The van der Waals surface area contributed by atoms with Crippen molar-refractivity contribution < 1.29 is 0 Å². The van der Waals surface area contributed by atoms with Gasteiger partial charge < -0.3 is 5.32 Å². The average molecular weight is 231 g/mol. The molecule has 1 aliphatic carbocycles. The lowest BCUT2D eigenvalue weighted by Gasteiger charge is -2.26. The van der Waals surface area contributed by atoms with Crippen molar-refractivity contribution in [1.29, 1.82) is 0 Å². The quantitative estimate of drug-likeness (QED) is 0.809. The highest BCUT2D eigenvalue weighted by molar-refractivity contribution is 5.20. The Kier molecular flexibility index (Phi) is 3.88. The molecule has 1 heteroatoms. The van der Waals surface area contributed by atoms with Gasteiger partial charge in [-0.15, -0.1) is 0 Å². The Morgan fingerprint density at radius 2 is 1.82 bits per heavy atom. The maximum absolute atomic E-state index is 3.68. The topological polar surface area (TPSA) is 12.0 Å². The first-order valence-corrected chi connectivity index (χ1v) is 6.83. The molecular formula is C16H25N. The minimum atomic E-state index is 0.395. The molecule has 1 aliphatic rings. The third-order valence-electron chi connectivity index (χ3n) is 3.36. The van der Waals surface area contributed by atoms with Crippen LogP contribution in [0, 0.1) is 5.41 Å². The average Bonchev–Trinajstić information content (AvgIpc) is 3.08. The van der Waals surface area contributed by atoms with Crippen LogP contribution in [0.4, 0.5) is 0 Å². The Bertz CT molecular complexity index is 332. The fraction of sp³-hybridized carbons (Fsp3) is 0.625. The molecule has 0 radical (unpaired) electrons. The van der Waals surface area contributed by atoms with Crippen LogP contribution in [0.15, 0.2) is 30.3 Å². The van der Waals surface area contributed by atoms with Gasteiger partial charge in [-0.2, -0.15) is 0 Å². The fourth-order valence-electron chi connectivity index (χ4n) is 2.37. The first-order chi connectivity index (χ1) is 8.04. The van der Waals surface area contributed by atoms with Crippen LogP contribution < -0.4 is 5.32 Å². The lowest BCUT2D eigenvalue weighted by atomic mass is 9.81. The largest absolute Gasteiger partial charge is 0.313 e. The van der Waals surface area contributed by atoms with Crippen molar-refractivity contribution in [3.63, 3.8) is 0 Å². The van der Waals surface area contributed by atoms with Crippen LogP contribution in [0.25, 0.3) is 0 Å². The molecule has 2 rings (SSSR count). The summed E-state index contributed by atoms with van der Waals surface area (Å²) < 4.78 is 0. The molecule has 1 N–H and O–H groups in total. The third-order valence-corrected chi connectivity index (χ3v) is 3.36. The van der Waals surface area contributed by atoms with E-state index in [9.17, 15) is 0 Å². The monoisotopic (exact) mass is 231 g/mol. The van der Waals surface area contributed by atoms with Crippen molar-refractivity contribution in [2.24, 2.45) is 5.41 Å². The number of hydrogen-bond donors (Lipinski definition) is 1. The predicted molar refractivity (Wildman–Crippen MR) is 74.3 cm³/mol. The summed E-state index contributed by atoms with van der Waals surface area (Å²) in [4.78, 5) is 0. The molecule has 0 spiro atoms. The molecule has 94 valence electrons. The maximum atomic E-state index is 3.68. The lowest BCUT2D eigenvalue weighted by Crippen LogP contribution is -2.26. The van der Waals surface area contributed by atoms with Gasteiger partial charge in [0, 0.05) is 12.6 Å². The molecule has 0 aliphatic heterocycles. The zero-order chi connectivity index (χ0) is 12.3. The summed E-state index contributed by atoms with van der Waals surface area (Å²) in [5.41, 5.74) is 1.88. The predicted octanol–water partition coefficient (Wildman–Crippen LogP) is 3.96. The van der Waals surface area contributed by atoms with Crippen molar-refractivity contribution in [1.82, 2.24) is 5.32 Å². The van der Waals surface area contributed by atoms with Gasteiger partial charge in [0.25, 0.3) is 0 Å². The van der Waals surface area contributed by atoms with E-state index in [0.717, 1.165) is 12.6 Å². The van der Waals surface area contributed by atoms with Crippen LogP contribution in [0.3, 0.4) is 0 Å². The highest BCUT2D eigenvalue weighted by Crippen LogP contribution is 2.31. The van der Waals surface area contributed by atoms with E-state index in [1.807, 2.05) is 0 Å². The summed E-state index contributed by atoms with van der Waals surface area (Å²) in [7, 11) is 0. The summed E-state index contributed by atoms with van der Waals surface area (Å²) in [6.07, 6.45) is 3.99.